The van der Waals surface area contributed by atoms with Crippen molar-refractivity contribution in [1.82, 2.24) is 14.3 Å². The zero-order valence-electron chi connectivity index (χ0n) is 14.6. The molecule has 5 nitrogen and oxygen atoms in total. The molecule has 0 saturated carbocycles. The van der Waals surface area contributed by atoms with Gasteiger partial charge in [0, 0.05) is 31.1 Å². The Morgan fingerprint density at radius 1 is 1.36 bits per heavy atom. The first-order valence-corrected chi connectivity index (χ1v) is 9.15. The maximum absolute atomic E-state index is 14.2. The van der Waals surface area contributed by atoms with Gasteiger partial charge in [-0.3, -0.25) is 0 Å². The molecule has 25 heavy (non-hydrogen) atoms. The molecule has 3 heterocycles. The SMILES string of the molecule is COc1cc(F)cc2c(N3CCC(CN(C)C)C3)c3cnsc3nc12. The third-order valence-electron chi connectivity index (χ3n) is 4.76. The number of benzene rings is 1. The number of anilines is 1. The molecule has 3 aromatic rings. The lowest BCUT2D eigenvalue weighted by Crippen LogP contribution is -2.26. The van der Waals surface area contributed by atoms with E-state index < -0.39 is 0 Å². The van der Waals surface area contributed by atoms with Crippen LogP contribution in [0.2, 0.25) is 0 Å². The van der Waals surface area contributed by atoms with Crippen molar-refractivity contribution < 1.29 is 9.13 Å². The van der Waals surface area contributed by atoms with Gasteiger partial charge in [-0.15, -0.1) is 0 Å². The molecule has 1 unspecified atom stereocenters. The molecule has 0 N–H and O–H groups in total. The highest BCUT2D eigenvalue weighted by atomic mass is 32.1. The van der Waals surface area contributed by atoms with Crippen LogP contribution in [-0.2, 0) is 0 Å². The lowest BCUT2D eigenvalue weighted by atomic mass is 10.1. The van der Waals surface area contributed by atoms with Crippen molar-refractivity contribution in [1.29, 1.82) is 0 Å². The van der Waals surface area contributed by atoms with Crippen molar-refractivity contribution in [3.8, 4) is 5.75 Å². The summed E-state index contributed by atoms with van der Waals surface area (Å²) in [6.07, 6.45) is 2.98. The number of fused-ring (bicyclic) bond motifs is 2. The summed E-state index contributed by atoms with van der Waals surface area (Å²) in [4.78, 5) is 10.1. The molecule has 0 aliphatic carbocycles. The number of aromatic nitrogens is 2. The van der Waals surface area contributed by atoms with Gasteiger partial charge in [0.1, 0.15) is 21.9 Å². The van der Waals surface area contributed by atoms with E-state index >= 15 is 0 Å². The highest BCUT2D eigenvalue weighted by Crippen LogP contribution is 2.40. The zero-order valence-corrected chi connectivity index (χ0v) is 15.4. The summed E-state index contributed by atoms with van der Waals surface area (Å²) >= 11 is 1.36. The first-order chi connectivity index (χ1) is 12.1. The number of ether oxygens (including phenoxy) is 1. The van der Waals surface area contributed by atoms with Crippen LogP contribution in [0.5, 0.6) is 5.75 Å². The molecule has 0 bridgehead atoms. The summed E-state index contributed by atoms with van der Waals surface area (Å²) < 4.78 is 23.9. The van der Waals surface area contributed by atoms with E-state index in [2.05, 4.69) is 33.3 Å². The molecular weight excluding hydrogens is 339 g/mol. The van der Waals surface area contributed by atoms with Crippen LogP contribution in [0.1, 0.15) is 6.42 Å². The van der Waals surface area contributed by atoms with Crippen molar-refractivity contribution >= 4 is 38.3 Å². The standard InChI is InChI=1S/C18H21FN4OS/c1-22(2)9-11-4-5-23(10-11)17-13-6-12(19)7-15(24-3)16(13)21-18-14(17)8-20-25-18/h6-8,11H,4-5,9-10H2,1-3H3. The fourth-order valence-electron chi connectivity index (χ4n) is 3.79. The Bertz CT molecular complexity index is 926. The van der Waals surface area contributed by atoms with E-state index in [1.807, 2.05) is 6.20 Å². The van der Waals surface area contributed by atoms with Gasteiger partial charge in [-0.25, -0.2) is 9.37 Å². The van der Waals surface area contributed by atoms with Gasteiger partial charge in [-0.2, -0.15) is 4.37 Å². The van der Waals surface area contributed by atoms with Gasteiger partial charge >= 0.3 is 0 Å². The summed E-state index contributed by atoms with van der Waals surface area (Å²) in [7, 11) is 5.76. The van der Waals surface area contributed by atoms with E-state index in [9.17, 15) is 4.39 Å². The van der Waals surface area contributed by atoms with Gasteiger partial charge in [0.25, 0.3) is 0 Å². The van der Waals surface area contributed by atoms with E-state index in [1.54, 1.807) is 13.2 Å². The maximum atomic E-state index is 14.2. The molecule has 132 valence electrons. The third-order valence-corrected chi connectivity index (χ3v) is 5.45. The van der Waals surface area contributed by atoms with E-state index in [0.717, 1.165) is 47.3 Å². The topological polar surface area (TPSA) is 41.5 Å². The summed E-state index contributed by atoms with van der Waals surface area (Å²) in [5, 5.41) is 1.80. The van der Waals surface area contributed by atoms with Gasteiger partial charge in [0.2, 0.25) is 0 Å². The molecule has 1 aliphatic rings. The Morgan fingerprint density at radius 3 is 2.96 bits per heavy atom. The molecule has 0 amide bonds. The molecule has 0 spiro atoms. The van der Waals surface area contributed by atoms with Gasteiger partial charge < -0.3 is 14.5 Å². The van der Waals surface area contributed by atoms with E-state index in [4.69, 9.17) is 4.74 Å². The largest absolute Gasteiger partial charge is 0.494 e. The number of methoxy groups -OCH3 is 1. The summed E-state index contributed by atoms with van der Waals surface area (Å²) in [5.41, 5.74) is 1.74. The fourth-order valence-corrected chi connectivity index (χ4v) is 4.43. The quantitative estimate of drug-likeness (QED) is 0.713. The lowest BCUT2D eigenvalue weighted by Gasteiger charge is -2.23. The number of pyridine rings is 1. The van der Waals surface area contributed by atoms with Crippen LogP contribution in [0, 0.1) is 11.7 Å². The minimum absolute atomic E-state index is 0.307. The maximum Gasteiger partial charge on any atom is 0.148 e. The number of hydrogen-bond donors (Lipinski definition) is 0. The lowest BCUT2D eigenvalue weighted by molar-refractivity contribution is 0.340. The molecule has 1 aromatic carbocycles. The Hall–Kier alpha value is -1.99. The van der Waals surface area contributed by atoms with Crippen LogP contribution in [0.3, 0.4) is 0 Å². The average molecular weight is 360 g/mol. The highest BCUT2D eigenvalue weighted by Gasteiger charge is 2.27. The number of hydrogen-bond acceptors (Lipinski definition) is 6. The molecule has 2 aromatic heterocycles. The molecule has 7 heteroatoms. The predicted octanol–water partition coefficient (Wildman–Crippen LogP) is 3.38. The van der Waals surface area contributed by atoms with Crippen molar-refractivity contribution in [2.75, 3.05) is 45.7 Å². The molecule has 1 atom stereocenters. The second-order valence-corrected chi connectivity index (χ2v) is 7.65. The average Bonchev–Trinajstić information content (AvgIpc) is 3.20. The van der Waals surface area contributed by atoms with E-state index in [0.29, 0.717) is 17.2 Å². The summed E-state index contributed by atoms with van der Waals surface area (Å²) in [6, 6.07) is 2.96. The van der Waals surface area contributed by atoms with Crippen LogP contribution in [0.15, 0.2) is 18.3 Å². The summed E-state index contributed by atoms with van der Waals surface area (Å²) in [6.45, 7) is 2.98. The van der Waals surface area contributed by atoms with Gasteiger partial charge in [0.05, 0.1) is 24.4 Å². The predicted molar refractivity (Wildman–Crippen MR) is 100 cm³/mol. The second kappa shape index (κ2) is 6.38. The minimum Gasteiger partial charge on any atom is -0.494 e. The minimum atomic E-state index is -0.307. The molecule has 1 saturated heterocycles. The molecule has 4 rings (SSSR count). The van der Waals surface area contributed by atoms with Crippen molar-refractivity contribution in [3.05, 3.63) is 24.1 Å². The van der Waals surface area contributed by atoms with Crippen LogP contribution in [0.4, 0.5) is 10.1 Å². The Morgan fingerprint density at radius 2 is 2.20 bits per heavy atom. The molecule has 1 fully saturated rings. The number of halogens is 1. The van der Waals surface area contributed by atoms with Gasteiger partial charge in [-0.1, -0.05) is 0 Å². The first kappa shape index (κ1) is 16.5. The Kier molecular flexibility index (Phi) is 4.21. The summed E-state index contributed by atoms with van der Waals surface area (Å²) in [5.74, 6) is 0.768. The van der Waals surface area contributed by atoms with Crippen molar-refractivity contribution in [2.24, 2.45) is 5.92 Å². The highest BCUT2D eigenvalue weighted by molar-refractivity contribution is 7.12. The van der Waals surface area contributed by atoms with Gasteiger partial charge in [0.15, 0.2) is 0 Å². The number of rotatable bonds is 4. The fraction of sp³-hybridized carbons (Fsp3) is 0.444. The van der Waals surface area contributed by atoms with Crippen LogP contribution >= 0.6 is 11.5 Å². The zero-order chi connectivity index (χ0) is 17.6. The molecule has 0 radical (unpaired) electrons. The van der Waals surface area contributed by atoms with E-state index in [-0.39, 0.29) is 5.82 Å². The first-order valence-electron chi connectivity index (χ1n) is 8.38. The van der Waals surface area contributed by atoms with Crippen LogP contribution in [0.25, 0.3) is 21.1 Å². The third kappa shape index (κ3) is 2.91. The Balaban J connectivity index is 1.88. The van der Waals surface area contributed by atoms with E-state index in [1.165, 1.54) is 17.6 Å². The monoisotopic (exact) mass is 360 g/mol. The van der Waals surface area contributed by atoms with Crippen molar-refractivity contribution in [3.63, 3.8) is 0 Å². The Labute approximate surface area is 150 Å². The second-order valence-electron chi connectivity index (χ2n) is 6.87. The molecular formula is C18H21FN4OS. The van der Waals surface area contributed by atoms with Gasteiger partial charge in [-0.05, 0) is 44.0 Å². The smallest absolute Gasteiger partial charge is 0.148 e. The van der Waals surface area contributed by atoms with Crippen LogP contribution < -0.4 is 9.64 Å². The normalized spacial score (nSPS) is 18.0. The molecule has 1 aliphatic heterocycles. The van der Waals surface area contributed by atoms with Crippen molar-refractivity contribution in [2.45, 2.75) is 6.42 Å². The van der Waals surface area contributed by atoms with Crippen LogP contribution in [-0.4, -0.2) is 55.1 Å². The number of nitrogens with zero attached hydrogens (tertiary/aromatic N) is 4.